The highest BCUT2D eigenvalue weighted by Crippen LogP contribution is 2.32. The zero-order valence-corrected chi connectivity index (χ0v) is 15.1. The second-order valence-electron chi connectivity index (χ2n) is 4.77. The van der Waals surface area contributed by atoms with Gasteiger partial charge in [-0.3, -0.25) is 5.32 Å². The van der Waals surface area contributed by atoms with Gasteiger partial charge in [0.1, 0.15) is 0 Å². The maximum atomic E-state index is 11.7. The van der Waals surface area contributed by atoms with Crippen LogP contribution >= 0.6 is 27.3 Å². The average molecular weight is 383 g/mol. The molecule has 6 heteroatoms. The number of carbonyl (C=O) groups is 1. The number of anilines is 1. The zero-order chi connectivity index (χ0) is 15.9. The quantitative estimate of drug-likeness (QED) is 0.672. The van der Waals surface area contributed by atoms with Gasteiger partial charge in [0.2, 0.25) is 0 Å². The molecule has 0 saturated carbocycles. The summed E-state index contributed by atoms with van der Waals surface area (Å²) in [7, 11) is 0. The number of nitrogens with one attached hydrogen (secondary N) is 1. The number of hydrogen-bond acceptors (Lipinski definition) is 4. The maximum Gasteiger partial charge on any atom is 0.413 e. The van der Waals surface area contributed by atoms with Crippen LogP contribution in [-0.4, -0.2) is 17.7 Å². The van der Waals surface area contributed by atoms with E-state index in [1.54, 1.807) is 0 Å². The monoisotopic (exact) mass is 382 g/mol. The van der Waals surface area contributed by atoms with Gasteiger partial charge in [-0.05, 0) is 25.0 Å². The molecule has 22 heavy (non-hydrogen) atoms. The molecule has 0 bridgehead atoms. The van der Waals surface area contributed by atoms with Gasteiger partial charge in [-0.25, -0.2) is 9.78 Å². The van der Waals surface area contributed by atoms with Gasteiger partial charge < -0.3 is 4.74 Å². The predicted octanol–water partition coefficient (Wildman–Crippen LogP) is 5.48. The average Bonchev–Trinajstić information content (AvgIpc) is 2.91. The number of unbranched alkanes of at least 4 members (excludes halogenated alkanes) is 1. The fraction of sp³-hybridized carbons (Fsp3) is 0.375. The largest absolute Gasteiger partial charge is 0.449 e. The third kappa shape index (κ3) is 4.55. The van der Waals surface area contributed by atoms with Crippen LogP contribution < -0.4 is 5.32 Å². The number of aryl methyl sites for hydroxylation is 1. The van der Waals surface area contributed by atoms with E-state index in [0.717, 1.165) is 39.9 Å². The van der Waals surface area contributed by atoms with E-state index in [0.29, 0.717) is 11.7 Å². The van der Waals surface area contributed by atoms with Crippen molar-refractivity contribution in [3.05, 3.63) is 33.6 Å². The Kier molecular flexibility index (Phi) is 6.39. The third-order valence-electron chi connectivity index (χ3n) is 3.08. The van der Waals surface area contributed by atoms with Crippen molar-refractivity contribution >= 4 is 38.5 Å². The molecule has 1 N–H and O–H groups in total. The van der Waals surface area contributed by atoms with E-state index in [2.05, 4.69) is 40.1 Å². The molecule has 0 aliphatic rings. The van der Waals surface area contributed by atoms with Crippen molar-refractivity contribution in [3.8, 4) is 11.3 Å². The Morgan fingerprint density at radius 3 is 2.68 bits per heavy atom. The van der Waals surface area contributed by atoms with Gasteiger partial charge in [0.15, 0.2) is 5.13 Å². The van der Waals surface area contributed by atoms with E-state index < -0.39 is 6.09 Å². The van der Waals surface area contributed by atoms with E-state index in [-0.39, 0.29) is 0 Å². The summed E-state index contributed by atoms with van der Waals surface area (Å²) in [6, 6.07) is 8.00. The molecule has 2 aromatic rings. The van der Waals surface area contributed by atoms with E-state index in [9.17, 15) is 4.79 Å². The summed E-state index contributed by atoms with van der Waals surface area (Å²) in [6.07, 6.45) is 2.30. The highest BCUT2D eigenvalue weighted by molar-refractivity contribution is 9.10. The number of ether oxygens (including phenoxy) is 1. The molecule has 4 nitrogen and oxygen atoms in total. The highest BCUT2D eigenvalue weighted by Gasteiger charge is 2.14. The van der Waals surface area contributed by atoms with E-state index in [1.807, 2.05) is 24.3 Å². The molecule has 1 aromatic carbocycles. The molecule has 0 aliphatic heterocycles. The number of thiazole rings is 1. The minimum Gasteiger partial charge on any atom is -0.449 e. The molecule has 0 saturated heterocycles. The van der Waals surface area contributed by atoms with E-state index in [1.165, 1.54) is 11.3 Å². The number of amides is 1. The molecule has 2 rings (SSSR count). The first-order valence-electron chi connectivity index (χ1n) is 7.33. The van der Waals surface area contributed by atoms with Gasteiger partial charge >= 0.3 is 6.09 Å². The van der Waals surface area contributed by atoms with Crippen LogP contribution in [0.1, 0.15) is 31.6 Å². The van der Waals surface area contributed by atoms with Crippen LogP contribution in [0.3, 0.4) is 0 Å². The molecular weight excluding hydrogens is 364 g/mol. The Bertz CT molecular complexity index is 626. The molecule has 1 aromatic heterocycles. The van der Waals surface area contributed by atoms with Crippen molar-refractivity contribution in [2.75, 3.05) is 11.9 Å². The molecule has 0 radical (unpaired) electrons. The highest BCUT2D eigenvalue weighted by atomic mass is 79.9. The Hall–Kier alpha value is -1.40. The van der Waals surface area contributed by atoms with Crippen LogP contribution in [0.2, 0.25) is 0 Å². The Morgan fingerprint density at radius 2 is 2.05 bits per heavy atom. The van der Waals surface area contributed by atoms with Crippen LogP contribution in [0.5, 0.6) is 0 Å². The van der Waals surface area contributed by atoms with Gasteiger partial charge in [-0.2, -0.15) is 0 Å². The molecule has 0 spiro atoms. The summed E-state index contributed by atoms with van der Waals surface area (Å²) in [5, 5.41) is 3.29. The van der Waals surface area contributed by atoms with Crippen molar-refractivity contribution < 1.29 is 9.53 Å². The summed E-state index contributed by atoms with van der Waals surface area (Å²) in [5.74, 6) is 0. The van der Waals surface area contributed by atoms with Gasteiger partial charge in [0.25, 0.3) is 0 Å². The first-order chi connectivity index (χ1) is 10.6. The van der Waals surface area contributed by atoms with Crippen molar-refractivity contribution in [2.24, 2.45) is 0 Å². The minimum atomic E-state index is -0.438. The maximum absolute atomic E-state index is 11.7. The number of benzene rings is 1. The lowest BCUT2D eigenvalue weighted by molar-refractivity contribution is 0.160. The van der Waals surface area contributed by atoms with Crippen LogP contribution in [0, 0.1) is 0 Å². The van der Waals surface area contributed by atoms with Crippen LogP contribution in [0.4, 0.5) is 9.93 Å². The number of rotatable bonds is 6. The molecule has 118 valence electrons. The first kappa shape index (κ1) is 17.0. The van der Waals surface area contributed by atoms with Crippen LogP contribution in [-0.2, 0) is 11.2 Å². The molecule has 0 atom stereocenters. The zero-order valence-electron chi connectivity index (χ0n) is 12.7. The number of halogens is 1. The minimum absolute atomic E-state index is 0.438. The van der Waals surface area contributed by atoms with E-state index in [4.69, 9.17) is 4.74 Å². The lowest BCUT2D eigenvalue weighted by Gasteiger charge is -2.03. The topological polar surface area (TPSA) is 51.2 Å². The van der Waals surface area contributed by atoms with Crippen molar-refractivity contribution in [1.82, 2.24) is 4.98 Å². The summed E-state index contributed by atoms with van der Waals surface area (Å²) >= 11 is 4.92. The number of hydrogen-bond donors (Lipinski definition) is 1. The van der Waals surface area contributed by atoms with Crippen molar-refractivity contribution in [1.29, 1.82) is 0 Å². The molecule has 1 amide bonds. The first-order valence-corrected chi connectivity index (χ1v) is 8.94. The standard InChI is InChI=1S/C16H19BrN2O2S/c1-3-5-10-21-16(20)19-15-18-14(13(4-2)22-15)11-6-8-12(17)9-7-11/h6-9H,3-5,10H2,1-2H3,(H,18,19,20). The number of nitrogens with zero attached hydrogens (tertiary/aromatic N) is 1. The van der Waals surface area contributed by atoms with Crippen molar-refractivity contribution in [3.63, 3.8) is 0 Å². The molecule has 0 unspecified atom stereocenters. The third-order valence-corrected chi connectivity index (χ3v) is 4.72. The second kappa shape index (κ2) is 8.29. The number of aromatic nitrogens is 1. The molecule has 0 aliphatic carbocycles. The fourth-order valence-corrected chi connectivity index (χ4v) is 3.08. The summed E-state index contributed by atoms with van der Waals surface area (Å²) in [6.45, 7) is 4.58. The predicted molar refractivity (Wildman–Crippen MR) is 94.5 cm³/mol. The SMILES string of the molecule is CCCCOC(=O)Nc1nc(-c2ccc(Br)cc2)c(CC)s1. The lowest BCUT2D eigenvalue weighted by Crippen LogP contribution is -2.14. The molecular formula is C16H19BrN2O2S. The Morgan fingerprint density at radius 1 is 1.32 bits per heavy atom. The lowest BCUT2D eigenvalue weighted by atomic mass is 10.1. The smallest absolute Gasteiger partial charge is 0.413 e. The van der Waals surface area contributed by atoms with Crippen molar-refractivity contribution in [2.45, 2.75) is 33.1 Å². The summed E-state index contributed by atoms with van der Waals surface area (Å²) in [4.78, 5) is 17.4. The van der Waals surface area contributed by atoms with Gasteiger partial charge in [-0.15, -0.1) is 11.3 Å². The van der Waals surface area contributed by atoms with Crippen LogP contribution in [0.25, 0.3) is 11.3 Å². The van der Waals surface area contributed by atoms with E-state index >= 15 is 0 Å². The molecule has 0 fully saturated rings. The second-order valence-corrected chi connectivity index (χ2v) is 6.77. The van der Waals surface area contributed by atoms with Gasteiger partial charge in [0, 0.05) is 14.9 Å². The molecule has 1 heterocycles. The normalized spacial score (nSPS) is 10.5. The van der Waals surface area contributed by atoms with Gasteiger partial charge in [0.05, 0.1) is 12.3 Å². The van der Waals surface area contributed by atoms with Crippen LogP contribution in [0.15, 0.2) is 28.7 Å². The fourth-order valence-electron chi connectivity index (χ4n) is 1.91. The van der Waals surface area contributed by atoms with Gasteiger partial charge in [-0.1, -0.05) is 48.3 Å². The number of carbonyl (C=O) groups excluding carboxylic acids is 1. The summed E-state index contributed by atoms with van der Waals surface area (Å²) in [5.41, 5.74) is 1.97. The summed E-state index contributed by atoms with van der Waals surface area (Å²) < 4.78 is 6.13. The Labute approximate surface area is 143 Å². The Balaban J connectivity index is 2.11.